The number of hydrazine groups is 1. The Morgan fingerprint density at radius 3 is 2.71 bits per heavy atom. The van der Waals surface area contributed by atoms with Gasteiger partial charge in [-0.2, -0.15) is 0 Å². The van der Waals surface area contributed by atoms with Crippen LogP contribution >= 0.6 is 0 Å². The first kappa shape index (κ1) is 13.9. The molecule has 1 aliphatic rings. The minimum absolute atomic E-state index is 0.229. The van der Waals surface area contributed by atoms with E-state index in [1.54, 1.807) is 13.2 Å². The SMILES string of the molecule is COc1ccc2c(NN)c(C3CCCCC3)c(=O)oc2c1. The van der Waals surface area contributed by atoms with E-state index >= 15 is 0 Å². The van der Waals surface area contributed by atoms with E-state index in [4.69, 9.17) is 15.0 Å². The zero-order chi connectivity index (χ0) is 14.8. The summed E-state index contributed by atoms with van der Waals surface area (Å²) in [7, 11) is 1.58. The maximum atomic E-state index is 12.4. The Kier molecular flexibility index (Phi) is 3.84. The Morgan fingerprint density at radius 1 is 1.29 bits per heavy atom. The molecule has 5 nitrogen and oxygen atoms in total. The van der Waals surface area contributed by atoms with E-state index in [2.05, 4.69) is 5.43 Å². The highest BCUT2D eigenvalue weighted by molar-refractivity contribution is 5.92. The minimum Gasteiger partial charge on any atom is -0.497 e. The highest BCUT2D eigenvalue weighted by Gasteiger charge is 2.24. The Labute approximate surface area is 123 Å². The molecule has 0 bridgehead atoms. The highest BCUT2D eigenvalue weighted by atomic mass is 16.5. The smallest absolute Gasteiger partial charge is 0.341 e. The number of anilines is 1. The van der Waals surface area contributed by atoms with Gasteiger partial charge in [0.2, 0.25) is 0 Å². The number of benzene rings is 1. The molecule has 1 aromatic heterocycles. The molecule has 1 saturated carbocycles. The molecule has 0 unspecified atom stereocenters. The van der Waals surface area contributed by atoms with E-state index in [9.17, 15) is 4.79 Å². The number of nitrogens with one attached hydrogen (secondary N) is 1. The monoisotopic (exact) mass is 288 g/mol. The summed E-state index contributed by atoms with van der Waals surface area (Å²) in [6.45, 7) is 0. The molecule has 0 atom stereocenters. The van der Waals surface area contributed by atoms with Gasteiger partial charge in [0.15, 0.2) is 0 Å². The summed E-state index contributed by atoms with van der Waals surface area (Å²) in [6.07, 6.45) is 5.56. The molecule has 1 heterocycles. The fourth-order valence-electron chi connectivity index (χ4n) is 3.24. The molecule has 0 amide bonds. The Balaban J connectivity index is 2.20. The van der Waals surface area contributed by atoms with Gasteiger partial charge >= 0.3 is 5.63 Å². The molecule has 5 heteroatoms. The predicted octanol–water partition coefficient (Wildman–Crippen LogP) is 3.13. The summed E-state index contributed by atoms with van der Waals surface area (Å²) < 4.78 is 10.7. The number of nitrogen functional groups attached to an aromatic ring is 1. The molecule has 2 aromatic rings. The normalized spacial score (nSPS) is 16.1. The van der Waals surface area contributed by atoms with E-state index in [-0.39, 0.29) is 11.5 Å². The second-order valence-corrected chi connectivity index (χ2v) is 5.52. The molecule has 0 aliphatic heterocycles. The summed E-state index contributed by atoms with van der Waals surface area (Å²) in [4.78, 5) is 12.4. The van der Waals surface area contributed by atoms with Crippen LogP contribution in [0.1, 0.15) is 43.6 Å². The average Bonchev–Trinajstić information content (AvgIpc) is 2.53. The molecule has 21 heavy (non-hydrogen) atoms. The number of hydrogen-bond acceptors (Lipinski definition) is 5. The van der Waals surface area contributed by atoms with Crippen molar-refractivity contribution in [2.75, 3.05) is 12.5 Å². The molecule has 3 N–H and O–H groups in total. The van der Waals surface area contributed by atoms with Crippen LogP contribution in [0.2, 0.25) is 0 Å². The molecular formula is C16H20N2O3. The van der Waals surface area contributed by atoms with Gasteiger partial charge < -0.3 is 14.6 Å². The lowest BCUT2D eigenvalue weighted by molar-refractivity contribution is 0.412. The summed E-state index contributed by atoms with van der Waals surface area (Å²) in [5, 5.41) is 0.818. The first-order chi connectivity index (χ1) is 10.2. The maximum absolute atomic E-state index is 12.4. The zero-order valence-electron chi connectivity index (χ0n) is 12.1. The lowest BCUT2D eigenvalue weighted by Gasteiger charge is -2.23. The second-order valence-electron chi connectivity index (χ2n) is 5.52. The van der Waals surface area contributed by atoms with Crippen molar-refractivity contribution in [3.05, 3.63) is 34.2 Å². The van der Waals surface area contributed by atoms with Crippen LogP contribution < -0.4 is 21.6 Å². The van der Waals surface area contributed by atoms with Crippen LogP contribution in [-0.4, -0.2) is 7.11 Å². The van der Waals surface area contributed by atoms with Crippen LogP contribution in [0.15, 0.2) is 27.4 Å². The van der Waals surface area contributed by atoms with Crippen LogP contribution in [0, 0.1) is 0 Å². The van der Waals surface area contributed by atoms with Crippen LogP contribution in [-0.2, 0) is 0 Å². The molecule has 1 fully saturated rings. The van der Waals surface area contributed by atoms with Crippen LogP contribution in [0.3, 0.4) is 0 Å². The molecule has 0 saturated heterocycles. The van der Waals surface area contributed by atoms with E-state index in [0.29, 0.717) is 22.6 Å². The van der Waals surface area contributed by atoms with Crippen molar-refractivity contribution < 1.29 is 9.15 Å². The maximum Gasteiger partial charge on any atom is 0.341 e. The average molecular weight is 288 g/mol. The van der Waals surface area contributed by atoms with Gasteiger partial charge in [-0.25, -0.2) is 4.79 Å². The Morgan fingerprint density at radius 2 is 2.05 bits per heavy atom. The summed E-state index contributed by atoms with van der Waals surface area (Å²) >= 11 is 0. The van der Waals surface area contributed by atoms with Crippen molar-refractivity contribution in [2.24, 2.45) is 5.84 Å². The van der Waals surface area contributed by atoms with Gasteiger partial charge in [0, 0.05) is 11.5 Å². The van der Waals surface area contributed by atoms with Crippen LogP contribution in [0.4, 0.5) is 5.69 Å². The van der Waals surface area contributed by atoms with Gasteiger partial charge in [-0.1, -0.05) is 19.3 Å². The van der Waals surface area contributed by atoms with Crippen molar-refractivity contribution in [3.63, 3.8) is 0 Å². The van der Waals surface area contributed by atoms with Gasteiger partial charge in [-0.05, 0) is 30.9 Å². The molecule has 112 valence electrons. The zero-order valence-corrected chi connectivity index (χ0v) is 12.1. The van der Waals surface area contributed by atoms with E-state index in [1.807, 2.05) is 12.1 Å². The van der Waals surface area contributed by atoms with Crippen LogP contribution in [0.5, 0.6) is 5.75 Å². The molecule has 3 rings (SSSR count). The largest absolute Gasteiger partial charge is 0.497 e. The number of fused-ring (bicyclic) bond motifs is 1. The number of ether oxygens (including phenoxy) is 1. The number of rotatable bonds is 3. The van der Waals surface area contributed by atoms with Crippen molar-refractivity contribution >= 4 is 16.7 Å². The lowest BCUT2D eigenvalue weighted by atomic mass is 9.83. The highest BCUT2D eigenvalue weighted by Crippen LogP contribution is 2.37. The van der Waals surface area contributed by atoms with Crippen molar-refractivity contribution in [2.45, 2.75) is 38.0 Å². The Bertz CT molecular complexity index is 702. The Hall–Kier alpha value is -2.01. The van der Waals surface area contributed by atoms with Gasteiger partial charge in [0.05, 0.1) is 18.4 Å². The predicted molar refractivity (Wildman–Crippen MR) is 82.7 cm³/mol. The third kappa shape index (κ3) is 2.49. The fraction of sp³-hybridized carbons (Fsp3) is 0.438. The van der Waals surface area contributed by atoms with E-state index < -0.39 is 0 Å². The first-order valence-electron chi connectivity index (χ1n) is 7.36. The summed E-state index contributed by atoms with van der Waals surface area (Å²) in [5.41, 5.74) is 4.29. The molecule has 1 aromatic carbocycles. The fourth-order valence-corrected chi connectivity index (χ4v) is 3.24. The number of hydrogen-bond donors (Lipinski definition) is 2. The van der Waals surface area contributed by atoms with Gasteiger partial charge in [-0.3, -0.25) is 5.84 Å². The minimum atomic E-state index is -0.296. The quantitative estimate of drug-likeness (QED) is 0.515. The second kappa shape index (κ2) is 5.77. The molecule has 0 radical (unpaired) electrons. The summed E-state index contributed by atoms with van der Waals surface area (Å²) in [5.74, 6) is 6.58. The molecular weight excluding hydrogens is 268 g/mol. The third-order valence-corrected chi connectivity index (χ3v) is 4.31. The van der Waals surface area contributed by atoms with E-state index in [0.717, 1.165) is 31.1 Å². The summed E-state index contributed by atoms with van der Waals surface area (Å²) in [6, 6.07) is 5.43. The third-order valence-electron chi connectivity index (χ3n) is 4.31. The number of methoxy groups -OCH3 is 1. The van der Waals surface area contributed by atoms with Crippen molar-refractivity contribution in [3.8, 4) is 5.75 Å². The number of nitrogens with two attached hydrogens (primary N) is 1. The molecule has 1 aliphatic carbocycles. The van der Waals surface area contributed by atoms with Crippen molar-refractivity contribution in [1.29, 1.82) is 0 Å². The van der Waals surface area contributed by atoms with Gasteiger partial charge in [-0.15, -0.1) is 0 Å². The molecule has 0 spiro atoms. The topological polar surface area (TPSA) is 77.5 Å². The van der Waals surface area contributed by atoms with Crippen LogP contribution in [0.25, 0.3) is 11.0 Å². The van der Waals surface area contributed by atoms with Gasteiger partial charge in [0.25, 0.3) is 0 Å². The van der Waals surface area contributed by atoms with Crippen molar-refractivity contribution in [1.82, 2.24) is 0 Å². The van der Waals surface area contributed by atoms with Gasteiger partial charge in [0.1, 0.15) is 11.3 Å². The van der Waals surface area contributed by atoms with E-state index in [1.165, 1.54) is 6.42 Å². The lowest BCUT2D eigenvalue weighted by Crippen LogP contribution is -2.21. The standard InChI is InChI=1S/C16H20N2O3/c1-20-11-7-8-12-13(9-11)21-16(19)14(15(12)18-17)10-5-3-2-4-6-10/h7-10,18H,2-6,17H2,1H3. The first-order valence-corrected chi connectivity index (χ1v) is 7.36.